The van der Waals surface area contributed by atoms with E-state index in [0.717, 1.165) is 0 Å². The average molecular weight is 253 g/mol. The summed E-state index contributed by atoms with van der Waals surface area (Å²) in [5.74, 6) is 0.388. The van der Waals surface area contributed by atoms with Gasteiger partial charge in [-0.05, 0) is 6.07 Å². The Morgan fingerprint density at radius 1 is 1.44 bits per heavy atom. The third-order valence-corrected chi connectivity index (χ3v) is 2.21. The van der Waals surface area contributed by atoms with Gasteiger partial charge in [0, 0.05) is 32.1 Å². The molecule has 0 fully saturated rings. The first-order valence-electron chi connectivity index (χ1n) is 5.35. The van der Waals surface area contributed by atoms with Crippen LogP contribution in [0.1, 0.15) is 6.92 Å². The number of ether oxygens (including phenoxy) is 1. The predicted octanol–water partition coefficient (Wildman–Crippen LogP) is 1.15. The maximum atomic E-state index is 10.8. The fourth-order valence-corrected chi connectivity index (χ4v) is 1.38. The van der Waals surface area contributed by atoms with Crippen molar-refractivity contribution in [3.8, 4) is 5.75 Å². The third kappa shape index (κ3) is 3.93. The lowest BCUT2D eigenvalue weighted by atomic mass is 10.2. The molecule has 1 rings (SSSR count). The Labute approximate surface area is 104 Å². The zero-order chi connectivity index (χ0) is 13.5. The zero-order valence-electron chi connectivity index (χ0n) is 10.2. The minimum Gasteiger partial charge on any atom is -0.497 e. The molecule has 0 aliphatic carbocycles. The van der Waals surface area contributed by atoms with Gasteiger partial charge in [0.1, 0.15) is 11.4 Å². The fourth-order valence-electron chi connectivity index (χ4n) is 1.38. The van der Waals surface area contributed by atoms with Crippen molar-refractivity contribution in [2.75, 3.05) is 25.5 Å². The van der Waals surface area contributed by atoms with E-state index in [-0.39, 0.29) is 11.6 Å². The van der Waals surface area contributed by atoms with Crippen LogP contribution in [0, 0.1) is 10.1 Å². The van der Waals surface area contributed by atoms with Gasteiger partial charge in [-0.15, -0.1) is 0 Å². The van der Waals surface area contributed by atoms with Gasteiger partial charge >= 0.3 is 0 Å². The molecule has 0 radical (unpaired) electrons. The molecular formula is C11H15N3O4. The quantitative estimate of drug-likeness (QED) is 0.450. The van der Waals surface area contributed by atoms with Crippen molar-refractivity contribution in [1.29, 1.82) is 0 Å². The lowest BCUT2D eigenvalue weighted by Crippen LogP contribution is -2.26. The van der Waals surface area contributed by atoms with Gasteiger partial charge in [-0.25, -0.2) is 0 Å². The zero-order valence-corrected chi connectivity index (χ0v) is 10.2. The number of amides is 1. The second kappa shape index (κ2) is 6.43. The van der Waals surface area contributed by atoms with Gasteiger partial charge in [-0.3, -0.25) is 14.9 Å². The molecule has 0 saturated carbocycles. The first kappa shape index (κ1) is 13.8. The lowest BCUT2D eigenvalue weighted by Gasteiger charge is -2.09. The standard InChI is InChI=1S/C11H15N3O4/c1-8(15)12-5-6-13-10-7-9(18-2)3-4-11(10)14(16)17/h3-4,7,13H,5-6H2,1-2H3,(H,12,15). The maximum absolute atomic E-state index is 10.8. The van der Waals surface area contributed by atoms with Crippen molar-refractivity contribution >= 4 is 17.3 Å². The molecule has 0 aromatic heterocycles. The van der Waals surface area contributed by atoms with Crippen LogP contribution in [0.3, 0.4) is 0 Å². The molecule has 2 N–H and O–H groups in total. The molecule has 0 saturated heterocycles. The number of nitro groups is 1. The monoisotopic (exact) mass is 253 g/mol. The molecule has 0 atom stereocenters. The second-order valence-corrected chi connectivity index (χ2v) is 3.55. The highest BCUT2D eigenvalue weighted by molar-refractivity contribution is 5.72. The van der Waals surface area contributed by atoms with Gasteiger partial charge in [0.25, 0.3) is 5.69 Å². The van der Waals surface area contributed by atoms with Gasteiger partial charge in [0.05, 0.1) is 12.0 Å². The maximum Gasteiger partial charge on any atom is 0.292 e. The number of carbonyl (C=O) groups excluding carboxylic acids is 1. The first-order valence-corrected chi connectivity index (χ1v) is 5.35. The number of anilines is 1. The molecule has 0 aliphatic rings. The smallest absolute Gasteiger partial charge is 0.292 e. The largest absolute Gasteiger partial charge is 0.497 e. The molecule has 1 aromatic rings. The number of hydrogen-bond donors (Lipinski definition) is 2. The number of nitrogens with zero attached hydrogens (tertiary/aromatic N) is 1. The summed E-state index contributed by atoms with van der Waals surface area (Å²) in [5.41, 5.74) is 0.336. The number of nitro benzene ring substituents is 1. The molecule has 18 heavy (non-hydrogen) atoms. The van der Waals surface area contributed by atoms with Crippen LogP contribution in [0.4, 0.5) is 11.4 Å². The second-order valence-electron chi connectivity index (χ2n) is 3.55. The van der Waals surface area contributed by atoms with Crippen molar-refractivity contribution in [1.82, 2.24) is 5.32 Å². The average Bonchev–Trinajstić information content (AvgIpc) is 2.33. The number of rotatable bonds is 6. The molecule has 0 heterocycles. The van der Waals surface area contributed by atoms with Crippen LogP contribution in [0.5, 0.6) is 5.75 Å². The van der Waals surface area contributed by atoms with Crippen molar-refractivity contribution in [3.05, 3.63) is 28.3 Å². The van der Waals surface area contributed by atoms with Gasteiger partial charge in [-0.1, -0.05) is 0 Å². The van der Waals surface area contributed by atoms with Crippen LogP contribution in [0.2, 0.25) is 0 Å². The van der Waals surface area contributed by atoms with Crippen LogP contribution in [0.25, 0.3) is 0 Å². The molecule has 7 heteroatoms. The minimum atomic E-state index is -0.472. The Hall–Kier alpha value is -2.31. The van der Waals surface area contributed by atoms with Gasteiger partial charge < -0.3 is 15.4 Å². The summed E-state index contributed by atoms with van der Waals surface area (Å²) in [4.78, 5) is 21.0. The van der Waals surface area contributed by atoms with Crippen LogP contribution >= 0.6 is 0 Å². The summed E-state index contributed by atoms with van der Waals surface area (Å²) in [6, 6.07) is 4.45. The topological polar surface area (TPSA) is 93.5 Å². The van der Waals surface area contributed by atoms with E-state index >= 15 is 0 Å². The van der Waals surface area contributed by atoms with E-state index in [0.29, 0.717) is 24.5 Å². The Kier molecular flexibility index (Phi) is 4.91. The van der Waals surface area contributed by atoms with E-state index in [2.05, 4.69) is 10.6 Å². The number of nitrogens with one attached hydrogen (secondary N) is 2. The number of carbonyl (C=O) groups is 1. The van der Waals surface area contributed by atoms with Crippen LogP contribution < -0.4 is 15.4 Å². The molecule has 0 aliphatic heterocycles. The molecule has 1 aromatic carbocycles. The van der Waals surface area contributed by atoms with Crippen molar-refractivity contribution < 1.29 is 14.5 Å². The minimum absolute atomic E-state index is 0.0291. The highest BCUT2D eigenvalue weighted by Gasteiger charge is 2.13. The van der Waals surface area contributed by atoms with E-state index in [9.17, 15) is 14.9 Å². The Bertz CT molecular complexity index is 448. The van der Waals surface area contributed by atoms with E-state index < -0.39 is 4.92 Å². The summed E-state index contributed by atoms with van der Waals surface area (Å²) >= 11 is 0. The normalized spacial score (nSPS) is 9.67. The van der Waals surface area contributed by atoms with Gasteiger partial charge in [0.15, 0.2) is 0 Å². The predicted molar refractivity (Wildman–Crippen MR) is 66.8 cm³/mol. The van der Waals surface area contributed by atoms with E-state index in [1.807, 2.05) is 0 Å². The van der Waals surface area contributed by atoms with Crippen LogP contribution in [-0.4, -0.2) is 31.0 Å². The molecule has 0 spiro atoms. The summed E-state index contributed by atoms with van der Waals surface area (Å²) in [5, 5.41) is 16.3. The van der Waals surface area contributed by atoms with Gasteiger partial charge in [0.2, 0.25) is 5.91 Å². The van der Waals surface area contributed by atoms with Crippen LogP contribution in [0.15, 0.2) is 18.2 Å². The number of benzene rings is 1. The van der Waals surface area contributed by atoms with E-state index in [1.165, 1.54) is 26.2 Å². The summed E-state index contributed by atoms with van der Waals surface area (Å²) in [7, 11) is 1.49. The molecule has 1 amide bonds. The summed E-state index contributed by atoms with van der Waals surface area (Å²) in [6.07, 6.45) is 0. The van der Waals surface area contributed by atoms with Crippen molar-refractivity contribution in [2.45, 2.75) is 6.92 Å². The number of hydrogen-bond acceptors (Lipinski definition) is 5. The third-order valence-electron chi connectivity index (χ3n) is 2.21. The van der Waals surface area contributed by atoms with Crippen molar-refractivity contribution in [3.63, 3.8) is 0 Å². The lowest BCUT2D eigenvalue weighted by molar-refractivity contribution is -0.384. The SMILES string of the molecule is COc1ccc([N+](=O)[O-])c(NCCNC(C)=O)c1. The highest BCUT2D eigenvalue weighted by atomic mass is 16.6. The summed E-state index contributed by atoms with van der Waals surface area (Å²) in [6.45, 7) is 2.20. The van der Waals surface area contributed by atoms with Crippen molar-refractivity contribution in [2.24, 2.45) is 0 Å². The Balaban J connectivity index is 2.71. The molecule has 98 valence electrons. The van der Waals surface area contributed by atoms with Gasteiger partial charge in [-0.2, -0.15) is 0 Å². The number of methoxy groups -OCH3 is 1. The fraction of sp³-hybridized carbons (Fsp3) is 0.364. The van der Waals surface area contributed by atoms with Crippen LogP contribution in [-0.2, 0) is 4.79 Å². The Morgan fingerprint density at radius 2 is 2.17 bits per heavy atom. The Morgan fingerprint density at radius 3 is 2.72 bits per heavy atom. The first-order chi connectivity index (χ1) is 8.54. The molecule has 0 unspecified atom stereocenters. The summed E-state index contributed by atoms with van der Waals surface area (Å²) < 4.78 is 5.00. The van der Waals surface area contributed by atoms with E-state index in [4.69, 9.17) is 4.74 Å². The highest BCUT2D eigenvalue weighted by Crippen LogP contribution is 2.28. The molecule has 7 nitrogen and oxygen atoms in total. The molecule has 0 bridgehead atoms. The molecular weight excluding hydrogens is 238 g/mol. The van der Waals surface area contributed by atoms with E-state index in [1.54, 1.807) is 6.07 Å².